The van der Waals surface area contributed by atoms with Crippen LogP contribution in [-0.4, -0.2) is 11.7 Å². The topological polar surface area (TPSA) is 46.2 Å². The summed E-state index contributed by atoms with van der Waals surface area (Å²) in [6.07, 6.45) is 0. The van der Waals surface area contributed by atoms with Crippen LogP contribution >= 0.6 is 0 Å². The second-order valence-electron chi connectivity index (χ2n) is 3.09. The molecular formula is C9H12FNO. The van der Waals surface area contributed by atoms with Crippen LogP contribution in [0.3, 0.4) is 0 Å². The van der Waals surface area contributed by atoms with Crippen LogP contribution in [0.1, 0.15) is 12.5 Å². The fraction of sp³-hybridized carbons (Fsp3) is 0.333. The van der Waals surface area contributed by atoms with E-state index >= 15 is 0 Å². The summed E-state index contributed by atoms with van der Waals surface area (Å²) in [4.78, 5) is 0. The molecule has 0 aliphatic carbocycles. The van der Waals surface area contributed by atoms with Crippen molar-refractivity contribution in [1.82, 2.24) is 0 Å². The second kappa shape index (κ2) is 3.21. The fourth-order valence-electron chi connectivity index (χ4n) is 0.935. The summed E-state index contributed by atoms with van der Waals surface area (Å²) in [5, 5.41) is 8.89. The molecule has 0 amide bonds. The Kier molecular flexibility index (Phi) is 2.45. The molecule has 3 N–H and O–H groups in total. The van der Waals surface area contributed by atoms with E-state index in [1.807, 2.05) is 0 Å². The molecule has 0 aliphatic rings. The highest BCUT2D eigenvalue weighted by atomic mass is 19.1. The highest BCUT2D eigenvalue weighted by molar-refractivity contribution is 5.23. The summed E-state index contributed by atoms with van der Waals surface area (Å²) >= 11 is 0. The first-order chi connectivity index (χ1) is 5.56. The van der Waals surface area contributed by atoms with E-state index in [1.165, 1.54) is 12.1 Å². The van der Waals surface area contributed by atoms with Crippen molar-refractivity contribution < 1.29 is 9.50 Å². The van der Waals surface area contributed by atoms with E-state index in [2.05, 4.69) is 0 Å². The first kappa shape index (κ1) is 9.16. The zero-order valence-corrected chi connectivity index (χ0v) is 6.92. The number of hydrogen-bond donors (Lipinski definition) is 2. The molecule has 0 heterocycles. The van der Waals surface area contributed by atoms with Crippen molar-refractivity contribution in [3.8, 4) is 0 Å². The Morgan fingerprint density at radius 2 is 2.25 bits per heavy atom. The van der Waals surface area contributed by atoms with Crippen molar-refractivity contribution in [3.63, 3.8) is 0 Å². The van der Waals surface area contributed by atoms with Crippen molar-refractivity contribution in [2.24, 2.45) is 5.73 Å². The van der Waals surface area contributed by atoms with Crippen molar-refractivity contribution >= 4 is 0 Å². The predicted octanol–water partition coefficient (Wildman–Crippen LogP) is 0.992. The smallest absolute Gasteiger partial charge is 0.123 e. The van der Waals surface area contributed by atoms with Gasteiger partial charge in [-0.15, -0.1) is 0 Å². The van der Waals surface area contributed by atoms with Gasteiger partial charge in [-0.3, -0.25) is 0 Å². The highest BCUT2D eigenvalue weighted by Gasteiger charge is 2.19. The van der Waals surface area contributed by atoms with Crippen LogP contribution in [0.2, 0.25) is 0 Å². The van der Waals surface area contributed by atoms with E-state index in [-0.39, 0.29) is 12.4 Å². The Balaban J connectivity index is 3.03. The van der Waals surface area contributed by atoms with Crippen molar-refractivity contribution in [3.05, 3.63) is 35.6 Å². The van der Waals surface area contributed by atoms with E-state index in [4.69, 9.17) is 10.8 Å². The molecule has 3 heteroatoms. The van der Waals surface area contributed by atoms with Gasteiger partial charge in [0.1, 0.15) is 5.82 Å². The Morgan fingerprint density at radius 1 is 1.58 bits per heavy atom. The molecular weight excluding hydrogens is 157 g/mol. The van der Waals surface area contributed by atoms with E-state index in [0.29, 0.717) is 5.56 Å². The molecule has 66 valence electrons. The van der Waals surface area contributed by atoms with Crippen molar-refractivity contribution in [2.45, 2.75) is 12.5 Å². The number of aliphatic hydroxyl groups is 1. The van der Waals surface area contributed by atoms with Crippen LogP contribution in [0.5, 0.6) is 0 Å². The van der Waals surface area contributed by atoms with E-state index < -0.39 is 5.54 Å². The van der Waals surface area contributed by atoms with Crippen LogP contribution in [0.25, 0.3) is 0 Å². The molecule has 0 fully saturated rings. The van der Waals surface area contributed by atoms with Gasteiger partial charge in [-0.25, -0.2) is 4.39 Å². The lowest BCUT2D eigenvalue weighted by Crippen LogP contribution is -2.36. The van der Waals surface area contributed by atoms with Crippen LogP contribution in [0, 0.1) is 5.82 Å². The molecule has 12 heavy (non-hydrogen) atoms. The summed E-state index contributed by atoms with van der Waals surface area (Å²) in [7, 11) is 0. The molecule has 1 unspecified atom stereocenters. The van der Waals surface area contributed by atoms with Gasteiger partial charge < -0.3 is 10.8 Å². The SMILES string of the molecule is CC(N)(CO)c1cccc(F)c1. The first-order valence-corrected chi connectivity index (χ1v) is 3.72. The molecule has 0 spiro atoms. The van der Waals surface area contributed by atoms with Crippen LogP contribution < -0.4 is 5.73 Å². The number of halogens is 1. The normalized spacial score (nSPS) is 15.7. The maximum absolute atomic E-state index is 12.7. The average molecular weight is 169 g/mol. The Labute approximate surface area is 70.8 Å². The van der Waals surface area contributed by atoms with Crippen LogP contribution in [0.15, 0.2) is 24.3 Å². The quantitative estimate of drug-likeness (QED) is 0.693. The lowest BCUT2D eigenvalue weighted by Gasteiger charge is -2.21. The monoisotopic (exact) mass is 169 g/mol. The van der Waals surface area contributed by atoms with Gasteiger partial charge in [0.05, 0.1) is 12.1 Å². The van der Waals surface area contributed by atoms with Gasteiger partial charge in [-0.1, -0.05) is 12.1 Å². The number of rotatable bonds is 2. The molecule has 1 rings (SSSR count). The fourth-order valence-corrected chi connectivity index (χ4v) is 0.935. The molecule has 2 nitrogen and oxygen atoms in total. The third kappa shape index (κ3) is 1.81. The number of hydrogen-bond acceptors (Lipinski definition) is 2. The van der Waals surface area contributed by atoms with Gasteiger partial charge in [-0.05, 0) is 24.6 Å². The van der Waals surface area contributed by atoms with Gasteiger partial charge in [-0.2, -0.15) is 0 Å². The average Bonchev–Trinajstić information content (AvgIpc) is 2.05. The molecule has 0 radical (unpaired) electrons. The molecule has 0 bridgehead atoms. The Hall–Kier alpha value is -0.930. The van der Waals surface area contributed by atoms with Crippen molar-refractivity contribution in [2.75, 3.05) is 6.61 Å². The summed E-state index contributed by atoms with van der Waals surface area (Å²) in [5.41, 5.74) is 5.43. The van der Waals surface area contributed by atoms with Crippen LogP contribution in [-0.2, 0) is 5.54 Å². The zero-order chi connectivity index (χ0) is 9.19. The zero-order valence-electron chi connectivity index (χ0n) is 6.92. The molecule has 1 aromatic carbocycles. The molecule has 1 atom stereocenters. The molecule has 0 saturated carbocycles. The Morgan fingerprint density at radius 3 is 2.75 bits per heavy atom. The Bertz CT molecular complexity index is 273. The van der Waals surface area contributed by atoms with Gasteiger partial charge in [0.15, 0.2) is 0 Å². The largest absolute Gasteiger partial charge is 0.394 e. The lowest BCUT2D eigenvalue weighted by atomic mass is 9.94. The van der Waals surface area contributed by atoms with Gasteiger partial charge in [0.25, 0.3) is 0 Å². The minimum atomic E-state index is -0.859. The minimum Gasteiger partial charge on any atom is -0.394 e. The first-order valence-electron chi connectivity index (χ1n) is 3.72. The highest BCUT2D eigenvalue weighted by Crippen LogP contribution is 2.17. The number of benzene rings is 1. The van der Waals surface area contributed by atoms with Gasteiger partial charge in [0, 0.05) is 0 Å². The molecule has 0 aromatic heterocycles. The van der Waals surface area contributed by atoms with Gasteiger partial charge >= 0.3 is 0 Å². The van der Waals surface area contributed by atoms with Crippen LogP contribution in [0.4, 0.5) is 4.39 Å². The van der Waals surface area contributed by atoms with E-state index in [0.717, 1.165) is 0 Å². The number of nitrogens with two attached hydrogens (primary N) is 1. The summed E-state index contributed by atoms with van der Waals surface area (Å²) in [5.74, 6) is -0.336. The molecule has 0 aliphatic heterocycles. The third-order valence-corrected chi connectivity index (χ3v) is 1.81. The lowest BCUT2D eigenvalue weighted by molar-refractivity contribution is 0.210. The standard InChI is InChI=1S/C9H12FNO/c1-9(11,6-12)7-3-2-4-8(10)5-7/h2-5,12H,6,11H2,1H3. The van der Waals surface area contributed by atoms with Gasteiger partial charge in [0.2, 0.25) is 0 Å². The summed E-state index contributed by atoms with van der Waals surface area (Å²) in [6.45, 7) is 1.46. The van der Waals surface area contributed by atoms with Crippen molar-refractivity contribution in [1.29, 1.82) is 0 Å². The predicted molar refractivity (Wildman–Crippen MR) is 45.0 cm³/mol. The van der Waals surface area contributed by atoms with E-state index in [9.17, 15) is 4.39 Å². The maximum Gasteiger partial charge on any atom is 0.123 e. The molecule has 0 saturated heterocycles. The molecule has 1 aromatic rings. The summed E-state index contributed by atoms with van der Waals surface area (Å²) < 4.78 is 12.7. The second-order valence-corrected chi connectivity index (χ2v) is 3.09. The third-order valence-electron chi connectivity index (χ3n) is 1.81. The van der Waals surface area contributed by atoms with E-state index in [1.54, 1.807) is 19.1 Å². The minimum absolute atomic E-state index is 0.198. The maximum atomic E-state index is 12.7. The summed E-state index contributed by atoms with van der Waals surface area (Å²) in [6, 6.07) is 5.94. The number of aliphatic hydroxyl groups excluding tert-OH is 1.